The van der Waals surface area contributed by atoms with Gasteiger partial charge in [0.25, 0.3) is 5.91 Å². The molecule has 2 aromatic carbocycles. The fourth-order valence-corrected chi connectivity index (χ4v) is 5.56. The maximum atomic E-state index is 13.6. The van der Waals surface area contributed by atoms with Crippen molar-refractivity contribution in [2.45, 2.75) is 45.7 Å². The first-order valence-electron chi connectivity index (χ1n) is 10.8. The highest BCUT2D eigenvalue weighted by atomic mass is 32.1. The molecular weight excluding hydrogens is 404 g/mol. The number of para-hydroxylation sites is 1. The number of aromatic nitrogens is 3. The van der Waals surface area contributed by atoms with Crippen LogP contribution in [0.4, 0.5) is 0 Å². The van der Waals surface area contributed by atoms with Crippen LogP contribution < -0.4 is 0 Å². The standard InChI is InChI=1S/C25H26N4OS/c1-17-14-18(2)29(27-17)16-19-8-7-9-20(15-19)25(30)28-13-6-5-11-22(28)24-26-21-10-3-4-12-23(21)31-24/h3-4,7-10,12,14-15,22H,5-6,11,13,16H2,1-2H3. The molecule has 0 bridgehead atoms. The first-order chi connectivity index (χ1) is 15.1. The van der Waals surface area contributed by atoms with Crippen LogP contribution in [0.15, 0.2) is 54.6 Å². The smallest absolute Gasteiger partial charge is 0.254 e. The summed E-state index contributed by atoms with van der Waals surface area (Å²) in [5, 5.41) is 5.61. The van der Waals surface area contributed by atoms with Gasteiger partial charge in [0.1, 0.15) is 5.01 Å². The molecule has 0 radical (unpaired) electrons. The second-order valence-corrected chi connectivity index (χ2v) is 9.38. The molecule has 4 aromatic rings. The van der Waals surface area contributed by atoms with Gasteiger partial charge in [-0.2, -0.15) is 5.10 Å². The molecule has 1 aliphatic rings. The Balaban J connectivity index is 1.42. The monoisotopic (exact) mass is 430 g/mol. The van der Waals surface area contributed by atoms with Crippen molar-refractivity contribution in [3.05, 3.63) is 82.1 Å². The van der Waals surface area contributed by atoms with E-state index in [0.717, 1.165) is 58.8 Å². The summed E-state index contributed by atoms with van der Waals surface area (Å²) in [6.07, 6.45) is 3.14. The van der Waals surface area contributed by atoms with E-state index in [9.17, 15) is 4.79 Å². The van der Waals surface area contributed by atoms with Crippen molar-refractivity contribution in [1.82, 2.24) is 19.7 Å². The molecule has 0 saturated carbocycles. The van der Waals surface area contributed by atoms with Crippen LogP contribution in [0.3, 0.4) is 0 Å². The van der Waals surface area contributed by atoms with Crippen molar-refractivity contribution in [2.24, 2.45) is 0 Å². The summed E-state index contributed by atoms with van der Waals surface area (Å²) in [4.78, 5) is 20.4. The van der Waals surface area contributed by atoms with Crippen LogP contribution in [-0.4, -0.2) is 32.1 Å². The molecule has 5 nitrogen and oxygen atoms in total. The van der Waals surface area contributed by atoms with Crippen LogP contribution in [0, 0.1) is 13.8 Å². The van der Waals surface area contributed by atoms with E-state index in [1.165, 1.54) is 4.70 Å². The maximum absolute atomic E-state index is 13.6. The molecular formula is C25H26N4OS. The van der Waals surface area contributed by atoms with Crippen molar-refractivity contribution in [1.29, 1.82) is 0 Å². The Morgan fingerprint density at radius 2 is 1.97 bits per heavy atom. The van der Waals surface area contributed by atoms with Crippen LogP contribution in [-0.2, 0) is 6.54 Å². The molecule has 1 fully saturated rings. The van der Waals surface area contributed by atoms with E-state index in [2.05, 4.69) is 30.2 Å². The van der Waals surface area contributed by atoms with Gasteiger partial charge in [0, 0.05) is 17.8 Å². The average Bonchev–Trinajstić information content (AvgIpc) is 3.35. The number of fused-ring (bicyclic) bond motifs is 1. The minimum Gasteiger partial charge on any atom is -0.329 e. The van der Waals surface area contributed by atoms with E-state index in [1.807, 2.05) is 52.9 Å². The summed E-state index contributed by atoms with van der Waals surface area (Å²) in [6.45, 7) is 5.51. The van der Waals surface area contributed by atoms with Crippen LogP contribution in [0.5, 0.6) is 0 Å². The lowest BCUT2D eigenvalue weighted by atomic mass is 10.0. The van der Waals surface area contributed by atoms with E-state index in [0.29, 0.717) is 6.54 Å². The van der Waals surface area contributed by atoms with E-state index in [4.69, 9.17) is 4.98 Å². The van der Waals surface area contributed by atoms with Crippen molar-refractivity contribution < 1.29 is 4.79 Å². The average molecular weight is 431 g/mol. The summed E-state index contributed by atoms with van der Waals surface area (Å²) in [5.41, 5.74) is 4.99. The lowest BCUT2D eigenvalue weighted by Gasteiger charge is -2.34. The molecule has 0 spiro atoms. The Kier molecular flexibility index (Phi) is 5.32. The molecule has 3 heterocycles. The van der Waals surface area contributed by atoms with E-state index in [-0.39, 0.29) is 11.9 Å². The largest absolute Gasteiger partial charge is 0.329 e. The van der Waals surface area contributed by atoms with Crippen molar-refractivity contribution >= 4 is 27.5 Å². The number of hydrogen-bond donors (Lipinski definition) is 0. The number of likely N-dealkylation sites (tertiary alicyclic amines) is 1. The number of carbonyl (C=O) groups is 1. The SMILES string of the molecule is Cc1cc(C)n(Cc2cccc(C(=O)N3CCCCC3c3nc4ccccc4s3)c2)n1. The summed E-state index contributed by atoms with van der Waals surface area (Å²) in [5.74, 6) is 0.0965. The summed E-state index contributed by atoms with van der Waals surface area (Å²) in [7, 11) is 0. The molecule has 1 unspecified atom stereocenters. The van der Waals surface area contributed by atoms with Gasteiger partial charge in [-0.1, -0.05) is 24.3 Å². The van der Waals surface area contributed by atoms with Gasteiger partial charge in [0.2, 0.25) is 0 Å². The fourth-order valence-electron chi connectivity index (χ4n) is 4.44. The molecule has 31 heavy (non-hydrogen) atoms. The molecule has 6 heteroatoms. The second-order valence-electron chi connectivity index (χ2n) is 8.32. The topological polar surface area (TPSA) is 51.0 Å². The second kappa shape index (κ2) is 8.27. The van der Waals surface area contributed by atoms with E-state index < -0.39 is 0 Å². The lowest BCUT2D eigenvalue weighted by molar-refractivity contribution is 0.0611. The highest BCUT2D eigenvalue weighted by Gasteiger charge is 2.31. The Bertz CT molecular complexity index is 1210. The molecule has 0 aliphatic carbocycles. The molecule has 1 aliphatic heterocycles. The van der Waals surface area contributed by atoms with Gasteiger partial charge in [0.05, 0.1) is 28.5 Å². The van der Waals surface area contributed by atoms with Crippen LogP contribution in [0.25, 0.3) is 10.2 Å². The zero-order valence-electron chi connectivity index (χ0n) is 17.9. The quantitative estimate of drug-likeness (QED) is 0.428. The van der Waals surface area contributed by atoms with Crippen LogP contribution in [0.1, 0.15) is 57.6 Å². The Morgan fingerprint density at radius 1 is 1.10 bits per heavy atom. The number of nitrogens with zero attached hydrogens (tertiary/aromatic N) is 4. The highest BCUT2D eigenvalue weighted by molar-refractivity contribution is 7.18. The zero-order valence-corrected chi connectivity index (χ0v) is 18.7. The third kappa shape index (κ3) is 4.00. The molecule has 158 valence electrons. The number of carbonyl (C=O) groups excluding carboxylic acids is 1. The van der Waals surface area contributed by atoms with Gasteiger partial charge in [0.15, 0.2) is 0 Å². The minimum atomic E-state index is 0.0540. The van der Waals surface area contributed by atoms with Crippen LogP contribution >= 0.6 is 11.3 Å². The van der Waals surface area contributed by atoms with Gasteiger partial charge < -0.3 is 4.90 Å². The maximum Gasteiger partial charge on any atom is 0.254 e. The molecule has 1 amide bonds. The van der Waals surface area contributed by atoms with Crippen molar-refractivity contribution in [3.63, 3.8) is 0 Å². The van der Waals surface area contributed by atoms with E-state index in [1.54, 1.807) is 11.3 Å². The number of thiazole rings is 1. The van der Waals surface area contributed by atoms with Crippen molar-refractivity contribution in [2.75, 3.05) is 6.54 Å². The number of hydrogen-bond acceptors (Lipinski definition) is 4. The number of amides is 1. The van der Waals surface area contributed by atoms with Crippen molar-refractivity contribution in [3.8, 4) is 0 Å². The van der Waals surface area contributed by atoms with Gasteiger partial charge in [-0.25, -0.2) is 4.98 Å². The fraction of sp³-hybridized carbons (Fsp3) is 0.320. The molecule has 1 atom stereocenters. The number of benzene rings is 2. The number of aryl methyl sites for hydroxylation is 2. The first kappa shape index (κ1) is 19.9. The number of rotatable bonds is 4. The Labute approximate surface area is 186 Å². The normalized spacial score (nSPS) is 16.7. The molecule has 2 aromatic heterocycles. The van der Waals surface area contributed by atoms with Gasteiger partial charge >= 0.3 is 0 Å². The Morgan fingerprint density at radius 3 is 2.77 bits per heavy atom. The van der Waals surface area contributed by atoms with Crippen LogP contribution in [0.2, 0.25) is 0 Å². The predicted octanol–water partition coefficient (Wildman–Crippen LogP) is 5.53. The van der Waals surface area contributed by atoms with Gasteiger partial charge in [-0.3, -0.25) is 9.48 Å². The highest BCUT2D eigenvalue weighted by Crippen LogP contribution is 2.36. The molecule has 0 N–H and O–H groups in total. The summed E-state index contributed by atoms with van der Waals surface area (Å²) in [6, 6.07) is 18.3. The summed E-state index contributed by atoms with van der Waals surface area (Å²) >= 11 is 1.71. The lowest BCUT2D eigenvalue weighted by Crippen LogP contribution is -2.38. The third-order valence-electron chi connectivity index (χ3n) is 5.97. The first-order valence-corrected chi connectivity index (χ1v) is 11.7. The van der Waals surface area contributed by atoms with Gasteiger partial charge in [-0.15, -0.1) is 11.3 Å². The van der Waals surface area contributed by atoms with Gasteiger partial charge in [-0.05, 0) is 69.0 Å². The Hall–Kier alpha value is -2.99. The zero-order chi connectivity index (χ0) is 21.4. The minimum absolute atomic E-state index is 0.0540. The third-order valence-corrected chi connectivity index (χ3v) is 7.11. The molecule has 5 rings (SSSR count). The molecule has 1 saturated heterocycles. The van der Waals surface area contributed by atoms with E-state index >= 15 is 0 Å². The predicted molar refractivity (Wildman–Crippen MR) is 124 cm³/mol. The number of piperidine rings is 1. The summed E-state index contributed by atoms with van der Waals surface area (Å²) < 4.78 is 3.17.